The summed E-state index contributed by atoms with van der Waals surface area (Å²) >= 11 is 7.07. The van der Waals surface area contributed by atoms with Crippen LogP contribution in [0.4, 0.5) is 26.1 Å². The summed E-state index contributed by atoms with van der Waals surface area (Å²) in [6.07, 6.45) is 1.78. The minimum atomic E-state index is -0.812. The lowest BCUT2D eigenvalue weighted by molar-refractivity contribution is 0.586. The van der Waals surface area contributed by atoms with E-state index in [9.17, 15) is 8.78 Å². The third-order valence-electron chi connectivity index (χ3n) is 2.17. The molecule has 0 aliphatic rings. The van der Waals surface area contributed by atoms with Crippen LogP contribution in [0.25, 0.3) is 0 Å². The number of nitrogen functional groups attached to an aromatic ring is 1. The summed E-state index contributed by atoms with van der Waals surface area (Å²) in [7, 11) is 0. The SMILES string of the molecule is CSc1nc(N)cc(Nc2c(F)cc(F)cc2Cl)n1. The Hall–Kier alpha value is -1.60. The van der Waals surface area contributed by atoms with Crippen molar-refractivity contribution >= 4 is 40.7 Å². The van der Waals surface area contributed by atoms with Crippen LogP contribution in [-0.4, -0.2) is 16.2 Å². The predicted molar refractivity (Wildman–Crippen MR) is 72.9 cm³/mol. The maximum atomic E-state index is 13.6. The van der Waals surface area contributed by atoms with Crippen molar-refractivity contribution in [2.45, 2.75) is 5.16 Å². The molecular formula is C11H9ClF2N4S. The molecule has 0 radical (unpaired) electrons. The Morgan fingerprint density at radius 2 is 2.00 bits per heavy atom. The van der Waals surface area contributed by atoms with Crippen molar-refractivity contribution < 1.29 is 8.78 Å². The Morgan fingerprint density at radius 3 is 2.63 bits per heavy atom. The molecule has 1 aromatic carbocycles. The highest BCUT2D eigenvalue weighted by Gasteiger charge is 2.11. The number of anilines is 3. The van der Waals surface area contributed by atoms with E-state index in [4.69, 9.17) is 17.3 Å². The van der Waals surface area contributed by atoms with E-state index >= 15 is 0 Å². The van der Waals surface area contributed by atoms with Crippen LogP contribution >= 0.6 is 23.4 Å². The van der Waals surface area contributed by atoms with Gasteiger partial charge >= 0.3 is 0 Å². The van der Waals surface area contributed by atoms with E-state index in [2.05, 4.69) is 15.3 Å². The zero-order valence-electron chi connectivity index (χ0n) is 9.75. The monoisotopic (exact) mass is 302 g/mol. The maximum Gasteiger partial charge on any atom is 0.191 e. The highest BCUT2D eigenvalue weighted by Crippen LogP contribution is 2.29. The Balaban J connectivity index is 2.39. The largest absolute Gasteiger partial charge is 0.383 e. The lowest BCUT2D eigenvalue weighted by Gasteiger charge is -2.10. The molecule has 19 heavy (non-hydrogen) atoms. The fourth-order valence-electron chi connectivity index (χ4n) is 1.39. The molecule has 3 N–H and O–H groups in total. The molecule has 1 aromatic heterocycles. The number of nitrogens with two attached hydrogens (primary N) is 1. The minimum absolute atomic E-state index is 0.0618. The Bertz CT molecular complexity index is 601. The average Bonchev–Trinajstić information content (AvgIpc) is 2.33. The molecule has 1 heterocycles. The summed E-state index contributed by atoms with van der Waals surface area (Å²) < 4.78 is 26.5. The molecule has 4 nitrogen and oxygen atoms in total. The van der Waals surface area contributed by atoms with E-state index in [0.717, 1.165) is 12.1 Å². The Kier molecular flexibility index (Phi) is 4.06. The van der Waals surface area contributed by atoms with Crippen molar-refractivity contribution in [3.63, 3.8) is 0 Å². The van der Waals surface area contributed by atoms with Crippen molar-refractivity contribution in [2.75, 3.05) is 17.3 Å². The first-order valence-electron chi connectivity index (χ1n) is 5.09. The summed E-state index contributed by atoms with van der Waals surface area (Å²) in [5.41, 5.74) is 5.54. The quantitative estimate of drug-likeness (QED) is 0.671. The molecule has 0 aliphatic heterocycles. The summed E-state index contributed by atoms with van der Waals surface area (Å²) in [5, 5.41) is 3.01. The van der Waals surface area contributed by atoms with Gasteiger partial charge in [-0.15, -0.1) is 0 Å². The number of hydrogen-bond acceptors (Lipinski definition) is 5. The number of rotatable bonds is 3. The summed E-state index contributed by atoms with van der Waals surface area (Å²) in [5.74, 6) is -1.04. The van der Waals surface area contributed by atoms with Crippen LogP contribution in [-0.2, 0) is 0 Å². The summed E-state index contributed by atoms with van der Waals surface area (Å²) in [6, 6.07) is 3.17. The molecule has 2 aromatic rings. The van der Waals surface area contributed by atoms with E-state index in [1.807, 2.05) is 0 Å². The van der Waals surface area contributed by atoms with E-state index in [1.165, 1.54) is 17.8 Å². The maximum absolute atomic E-state index is 13.6. The first-order valence-corrected chi connectivity index (χ1v) is 6.70. The normalized spacial score (nSPS) is 10.5. The Labute approximate surface area is 117 Å². The molecule has 0 saturated carbocycles. The molecule has 2 rings (SSSR count). The third kappa shape index (κ3) is 3.24. The van der Waals surface area contributed by atoms with E-state index in [-0.39, 0.29) is 22.3 Å². The zero-order chi connectivity index (χ0) is 14.0. The van der Waals surface area contributed by atoms with Crippen molar-refractivity contribution in [1.82, 2.24) is 9.97 Å². The van der Waals surface area contributed by atoms with Crippen molar-refractivity contribution in [3.05, 3.63) is 34.9 Å². The van der Waals surface area contributed by atoms with Gasteiger partial charge in [-0.05, 0) is 12.3 Å². The fraction of sp³-hybridized carbons (Fsp3) is 0.0909. The molecule has 0 unspecified atom stereocenters. The third-order valence-corrected chi connectivity index (χ3v) is 3.01. The molecule has 0 aliphatic carbocycles. The number of thioether (sulfide) groups is 1. The first-order chi connectivity index (χ1) is 8.99. The van der Waals surface area contributed by atoms with Crippen LogP contribution in [0.5, 0.6) is 0 Å². The summed E-state index contributed by atoms with van der Waals surface area (Å²) in [6.45, 7) is 0. The van der Waals surface area contributed by atoms with Crippen LogP contribution in [0.1, 0.15) is 0 Å². The van der Waals surface area contributed by atoms with Gasteiger partial charge in [0, 0.05) is 12.1 Å². The molecule has 0 bridgehead atoms. The van der Waals surface area contributed by atoms with Gasteiger partial charge in [-0.3, -0.25) is 0 Å². The van der Waals surface area contributed by atoms with Gasteiger partial charge in [-0.25, -0.2) is 18.7 Å². The summed E-state index contributed by atoms with van der Waals surface area (Å²) in [4.78, 5) is 8.05. The number of halogens is 3. The van der Waals surface area contributed by atoms with Crippen LogP contribution in [0, 0.1) is 11.6 Å². The fourth-order valence-corrected chi connectivity index (χ4v) is 2.02. The second-order valence-corrected chi connectivity index (χ2v) is 4.71. The average molecular weight is 303 g/mol. The molecule has 0 atom stereocenters. The molecule has 100 valence electrons. The van der Waals surface area contributed by atoms with Gasteiger partial charge in [0.25, 0.3) is 0 Å². The topological polar surface area (TPSA) is 63.8 Å². The molecule has 0 amide bonds. The van der Waals surface area contributed by atoms with Gasteiger partial charge in [-0.2, -0.15) is 0 Å². The highest BCUT2D eigenvalue weighted by molar-refractivity contribution is 7.98. The van der Waals surface area contributed by atoms with Crippen LogP contribution in [0.3, 0.4) is 0 Å². The van der Waals surface area contributed by atoms with Crippen LogP contribution in [0.15, 0.2) is 23.4 Å². The standard InChI is InChI=1S/C11H9ClF2N4S/c1-19-11-16-8(15)4-9(18-11)17-10-6(12)2-5(13)3-7(10)14/h2-4H,1H3,(H3,15,16,17,18). The minimum Gasteiger partial charge on any atom is -0.383 e. The second kappa shape index (κ2) is 5.58. The van der Waals surface area contributed by atoms with E-state index in [1.54, 1.807) is 6.26 Å². The van der Waals surface area contributed by atoms with Gasteiger partial charge in [0.15, 0.2) is 11.0 Å². The van der Waals surface area contributed by atoms with Crippen molar-refractivity contribution in [1.29, 1.82) is 0 Å². The van der Waals surface area contributed by atoms with Gasteiger partial charge in [-0.1, -0.05) is 23.4 Å². The molecule has 0 saturated heterocycles. The zero-order valence-corrected chi connectivity index (χ0v) is 11.3. The van der Waals surface area contributed by atoms with Gasteiger partial charge in [0.2, 0.25) is 0 Å². The lowest BCUT2D eigenvalue weighted by atomic mass is 10.3. The first kappa shape index (κ1) is 13.8. The number of hydrogen-bond donors (Lipinski definition) is 2. The number of nitrogens with zero attached hydrogens (tertiary/aromatic N) is 2. The predicted octanol–water partition coefficient (Wildman–Crippen LogP) is 3.46. The molecule has 0 fully saturated rings. The van der Waals surface area contributed by atoms with Crippen LogP contribution in [0.2, 0.25) is 5.02 Å². The van der Waals surface area contributed by atoms with Crippen molar-refractivity contribution in [3.8, 4) is 0 Å². The van der Waals surface area contributed by atoms with Gasteiger partial charge in [0.05, 0.1) is 10.7 Å². The number of nitrogens with one attached hydrogen (secondary N) is 1. The number of aromatic nitrogens is 2. The molecule has 8 heteroatoms. The second-order valence-electron chi connectivity index (χ2n) is 3.53. The highest BCUT2D eigenvalue weighted by atomic mass is 35.5. The number of benzene rings is 1. The molecule has 0 spiro atoms. The molecular weight excluding hydrogens is 294 g/mol. The van der Waals surface area contributed by atoms with E-state index < -0.39 is 11.6 Å². The van der Waals surface area contributed by atoms with Gasteiger partial charge < -0.3 is 11.1 Å². The van der Waals surface area contributed by atoms with Crippen molar-refractivity contribution in [2.24, 2.45) is 0 Å². The van der Waals surface area contributed by atoms with E-state index in [0.29, 0.717) is 5.16 Å². The smallest absolute Gasteiger partial charge is 0.191 e. The van der Waals surface area contributed by atoms with Gasteiger partial charge in [0.1, 0.15) is 17.5 Å². The van der Waals surface area contributed by atoms with Crippen LogP contribution < -0.4 is 11.1 Å². The Morgan fingerprint density at radius 1 is 1.26 bits per heavy atom. The lowest BCUT2D eigenvalue weighted by Crippen LogP contribution is -2.02.